The Bertz CT molecular complexity index is 745. The Kier molecular flexibility index (Phi) is 4.65. The minimum atomic E-state index is -0.641. The van der Waals surface area contributed by atoms with Crippen molar-refractivity contribution in [2.24, 2.45) is 17.6 Å². The molecule has 1 aliphatic carbocycles. The van der Waals surface area contributed by atoms with Crippen LogP contribution in [0, 0.1) is 11.8 Å². The fourth-order valence-corrected chi connectivity index (χ4v) is 3.32. The molecule has 1 fully saturated rings. The fraction of sp³-hybridized carbons (Fsp3) is 0.333. The molecule has 25 heavy (non-hydrogen) atoms. The minimum Gasteiger partial charge on any atom is -0.366 e. The Balaban J connectivity index is 1.61. The Morgan fingerprint density at radius 1 is 1.08 bits per heavy atom. The first-order valence-electron chi connectivity index (χ1n) is 8.18. The van der Waals surface area contributed by atoms with Crippen molar-refractivity contribution in [3.63, 3.8) is 0 Å². The van der Waals surface area contributed by atoms with Crippen LogP contribution in [0.3, 0.4) is 0 Å². The third-order valence-corrected chi connectivity index (χ3v) is 4.63. The third kappa shape index (κ3) is 3.31. The van der Waals surface area contributed by atoms with E-state index in [2.05, 4.69) is 5.32 Å². The molecule has 1 aromatic rings. The summed E-state index contributed by atoms with van der Waals surface area (Å²) in [5.74, 6) is -2.03. The predicted molar refractivity (Wildman–Crippen MR) is 90.3 cm³/mol. The number of carbonyl (C=O) groups excluding carboxylic acids is 4. The molecule has 4 amide bonds. The van der Waals surface area contributed by atoms with E-state index in [1.165, 1.54) is 11.0 Å². The van der Waals surface area contributed by atoms with Crippen LogP contribution in [0.5, 0.6) is 0 Å². The lowest BCUT2D eigenvalue weighted by Gasteiger charge is -2.15. The smallest absolute Gasteiger partial charge is 0.250 e. The summed E-state index contributed by atoms with van der Waals surface area (Å²) in [5, 5.41) is 2.61. The van der Waals surface area contributed by atoms with E-state index in [-0.39, 0.29) is 48.1 Å². The molecule has 0 bridgehead atoms. The van der Waals surface area contributed by atoms with Crippen molar-refractivity contribution in [2.75, 3.05) is 11.9 Å². The molecule has 3 N–H and O–H groups in total. The summed E-state index contributed by atoms with van der Waals surface area (Å²) < 4.78 is 0. The number of imide groups is 1. The molecule has 0 aromatic heterocycles. The van der Waals surface area contributed by atoms with Crippen LogP contribution in [0.4, 0.5) is 5.69 Å². The number of anilines is 1. The summed E-state index contributed by atoms with van der Waals surface area (Å²) in [6, 6.07) is 6.41. The molecule has 2 aliphatic rings. The molecule has 7 nitrogen and oxygen atoms in total. The lowest BCUT2D eigenvalue weighted by molar-refractivity contribution is -0.140. The molecule has 0 spiro atoms. The van der Waals surface area contributed by atoms with E-state index >= 15 is 0 Å². The number of allylic oxidation sites excluding steroid dienone is 2. The molecule has 1 aromatic carbocycles. The van der Waals surface area contributed by atoms with Gasteiger partial charge in [-0.2, -0.15) is 0 Å². The van der Waals surface area contributed by atoms with E-state index in [1.54, 1.807) is 18.2 Å². The number of amides is 4. The molecule has 1 aliphatic heterocycles. The maximum atomic E-state index is 12.3. The molecule has 0 radical (unpaired) electrons. The minimum absolute atomic E-state index is 0.0303. The first-order chi connectivity index (χ1) is 12.0. The van der Waals surface area contributed by atoms with Gasteiger partial charge in [-0.05, 0) is 25.0 Å². The van der Waals surface area contributed by atoms with E-state index in [0.717, 1.165) is 0 Å². The Morgan fingerprint density at radius 2 is 1.68 bits per heavy atom. The number of nitrogens with two attached hydrogens (primary N) is 1. The fourth-order valence-electron chi connectivity index (χ4n) is 3.32. The summed E-state index contributed by atoms with van der Waals surface area (Å²) in [7, 11) is 0. The normalized spacial score (nSPS) is 22.0. The maximum Gasteiger partial charge on any atom is 0.250 e. The van der Waals surface area contributed by atoms with Crippen LogP contribution in [0.25, 0.3) is 0 Å². The number of benzene rings is 1. The number of nitrogens with zero attached hydrogens (tertiary/aromatic N) is 1. The molecule has 0 saturated carbocycles. The molecular weight excluding hydrogens is 322 g/mol. The average molecular weight is 341 g/mol. The predicted octanol–water partition coefficient (Wildman–Crippen LogP) is 1.07. The number of carbonyl (C=O) groups is 4. The van der Waals surface area contributed by atoms with Crippen LogP contribution in [-0.2, 0) is 14.4 Å². The topological polar surface area (TPSA) is 110 Å². The van der Waals surface area contributed by atoms with Gasteiger partial charge in [-0.3, -0.25) is 24.1 Å². The van der Waals surface area contributed by atoms with Crippen LogP contribution >= 0.6 is 0 Å². The van der Waals surface area contributed by atoms with Gasteiger partial charge < -0.3 is 11.1 Å². The number of likely N-dealkylation sites (tertiary alicyclic amines) is 1. The van der Waals surface area contributed by atoms with Gasteiger partial charge in [0.25, 0.3) is 5.91 Å². The molecule has 1 heterocycles. The summed E-state index contributed by atoms with van der Waals surface area (Å²) in [6.07, 6.45) is 4.96. The zero-order chi connectivity index (χ0) is 18.0. The van der Waals surface area contributed by atoms with Crippen molar-refractivity contribution in [2.45, 2.75) is 19.3 Å². The molecule has 7 heteroatoms. The number of primary amides is 1. The maximum absolute atomic E-state index is 12.3. The third-order valence-electron chi connectivity index (χ3n) is 4.63. The lowest BCUT2D eigenvalue weighted by atomic mass is 9.85. The number of nitrogens with one attached hydrogen (secondary N) is 1. The van der Waals surface area contributed by atoms with E-state index < -0.39 is 5.91 Å². The van der Waals surface area contributed by atoms with Crippen molar-refractivity contribution in [3.05, 3.63) is 42.0 Å². The average Bonchev–Trinajstić information content (AvgIpc) is 2.85. The number of para-hydroxylation sites is 1. The standard InChI is InChI=1S/C18H19N3O4/c19-16(23)13-7-3-4-8-14(13)20-15(22)9-10-21-17(24)11-5-1-2-6-12(11)18(21)25/h1-4,7-8,11-12H,5-6,9-10H2,(H2,19,23)(H,20,22)/t11-,12-/m0/s1. The molecule has 3 rings (SSSR count). The van der Waals surface area contributed by atoms with Crippen molar-refractivity contribution in [1.29, 1.82) is 0 Å². The van der Waals surface area contributed by atoms with Crippen LogP contribution in [0.2, 0.25) is 0 Å². The van der Waals surface area contributed by atoms with Gasteiger partial charge in [0.05, 0.1) is 23.1 Å². The quantitative estimate of drug-likeness (QED) is 0.616. The van der Waals surface area contributed by atoms with Crippen molar-refractivity contribution < 1.29 is 19.2 Å². The number of hydrogen-bond donors (Lipinski definition) is 2. The van der Waals surface area contributed by atoms with Gasteiger partial charge in [-0.25, -0.2) is 0 Å². The summed E-state index contributed by atoms with van der Waals surface area (Å²) in [5.41, 5.74) is 5.80. The molecule has 1 saturated heterocycles. The Labute approximate surface area is 144 Å². The van der Waals surface area contributed by atoms with E-state index in [4.69, 9.17) is 5.73 Å². The molecular formula is C18H19N3O4. The first-order valence-corrected chi connectivity index (χ1v) is 8.18. The summed E-state index contributed by atoms with van der Waals surface area (Å²) in [6.45, 7) is 0.0369. The van der Waals surface area contributed by atoms with E-state index in [1.807, 2.05) is 12.2 Å². The van der Waals surface area contributed by atoms with Crippen molar-refractivity contribution >= 4 is 29.3 Å². The van der Waals surface area contributed by atoms with Crippen molar-refractivity contribution in [3.8, 4) is 0 Å². The molecule has 0 unspecified atom stereocenters. The largest absolute Gasteiger partial charge is 0.366 e. The van der Waals surface area contributed by atoms with Crippen LogP contribution in [0.15, 0.2) is 36.4 Å². The van der Waals surface area contributed by atoms with Crippen LogP contribution < -0.4 is 11.1 Å². The second-order valence-corrected chi connectivity index (χ2v) is 6.19. The SMILES string of the molecule is NC(=O)c1ccccc1NC(=O)CCN1C(=O)[C@H]2CC=CC[C@@H]2C1=O. The highest BCUT2D eigenvalue weighted by Gasteiger charge is 2.46. The van der Waals surface area contributed by atoms with E-state index in [0.29, 0.717) is 18.5 Å². The highest BCUT2D eigenvalue weighted by molar-refractivity contribution is 6.06. The highest BCUT2D eigenvalue weighted by atomic mass is 16.2. The van der Waals surface area contributed by atoms with Gasteiger partial charge in [-0.15, -0.1) is 0 Å². The lowest BCUT2D eigenvalue weighted by Crippen LogP contribution is -2.34. The van der Waals surface area contributed by atoms with Gasteiger partial charge in [0.2, 0.25) is 17.7 Å². The summed E-state index contributed by atoms with van der Waals surface area (Å²) >= 11 is 0. The number of hydrogen-bond acceptors (Lipinski definition) is 4. The van der Waals surface area contributed by atoms with Gasteiger partial charge >= 0.3 is 0 Å². The van der Waals surface area contributed by atoms with E-state index in [9.17, 15) is 19.2 Å². The Morgan fingerprint density at radius 3 is 2.28 bits per heavy atom. The van der Waals surface area contributed by atoms with Gasteiger partial charge in [0.1, 0.15) is 0 Å². The highest BCUT2D eigenvalue weighted by Crippen LogP contribution is 2.35. The van der Waals surface area contributed by atoms with Crippen molar-refractivity contribution in [1.82, 2.24) is 4.90 Å². The van der Waals surface area contributed by atoms with Crippen LogP contribution in [0.1, 0.15) is 29.6 Å². The van der Waals surface area contributed by atoms with Gasteiger partial charge in [-0.1, -0.05) is 24.3 Å². The zero-order valence-electron chi connectivity index (χ0n) is 13.6. The van der Waals surface area contributed by atoms with Gasteiger partial charge in [0, 0.05) is 13.0 Å². The number of fused-ring (bicyclic) bond motifs is 1. The summed E-state index contributed by atoms with van der Waals surface area (Å²) in [4.78, 5) is 49.4. The first kappa shape index (κ1) is 16.9. The molecule has 2 atom stereocenters. The van der Waals surface area contributed by atoms with Gasteiger partial charge in [0.15, 0.2) is 0 Å². The Hall–Kier alpha value is -2.96. The zero-order valence-corrected chi connectivity index (χ0v) is 13.6. The second-order valence-electron chi connectivity index (χ2n) is 6.19. The monoisotopic (exact) mass is 341 g/mol. The molecule has 130 valence electrons. The number of rotatable bonds is 5. The second kappa shape index (κ2) is 6.88. The van der Waals surface area contributed by atoms with Crippen LogP contribution in [-0.4, -0.2) is 35.1 Å².